The maximum atomic E-state index is 12.7. The van der Waals surface area contributed by atoms with Crippen molar-refractivity contribution < 1.29 is 9.59 Å². The Morgan fingerprint density at radius 3 is 2.52 bits per heavy atom. The minimum atomic E-state index is -0.698. The van der Waals surface area contributed by atoms with Gasteiger partial charge in [-0.05, 0) is 44.4 Å². The number of likely N-dealkylation sites (tertiary alicyclic amines) is 1. The fourth-order valence-electron chi connectivity index (χ4n) is 3.75. The summed E-state index contributed by atoms with van der Waals surface area (Å²) >= 11 is 0. The van der Waals surface area contributed by atoms with Gasteiger partial charge in [-0.2, -0.15) is 0 Å². The molecule has 0 saturated carbocycles. The molecule has 0 bridgehead atoms. The van der Waals surface area contributed by atoms with E-state index < -0.39 is 5.54 Å². The third-order valence-corrected chi connectivity index (χ3v) is 4.97. The molecule has 2 heterocycles. The van der Waals surface area contributed by atoms with Crippen LogP contribution < -0.4 is 5.73 Å². The Morgan fingerprint density at radius 2 is 2.00 bits per heavy atom. The molecule has 2 rings (SSSR count). The van der Waals surface area contributed by atoms with E-state index in [9.17, 15) is 9.59 Å². The highest BCUT2D eigenvalue weighted by molar-refractivity contribution is 6.06. The lowest BCUT2D eigenvalue weighted by Gasteiger charge is -2.32. The topological polar surface area (TPSA) is 79.0 Å². The standard InChI is InChI=1S/C17H30N4O2/c1-12(2)11-17(4)15(23)21(16(18)19-17)10-7-14-5-8-20(9-6-14)13(3)22/h12,14H,5-11H2,1-4H3,(H2,18,19). The van der Waals surface area contributed by atoms with Crippen molar-refractivity contribution in [1.82, 2.24) is 9.80 Å². The van der Waals surface area contributed by atoms with Crippen molar-refractivity contribution >= 4 is 17.8 Å². The van der Waals surface area contributed by atoms with E-state index in [1.54, 1.807) is 11.8 Å². The molecule has 130 valence electrons. The lowest BCUT2D eigenvalue weighted by molar-refractivity contribution is -0.131. The van der Waals surface area contributed by atoms with Crippen LogP contribution in [0.2, 0.25) is 0 Å². The van der Waals surface area contributed by atoms with Gasteiger partial charge in [-0.1, -0.05) is 13.8 Å². The number of nitrogens with two attached hydrogens (primary N) is 1. The Labute approximate surface area is 139 Å². The molecule has 0 spiro atoms. The Kier molecular flexibility index (Phi) is 5.32. The molecule has 2 amide bonds. The highest BCUT2D eigenvalue weighted by atomic mass is 16.2. The molecule has 1 fully saturated rings. The van der Waals surface area contributed by atoms with Crippen LogP contribution in [0.4, 0.5) is 0 Å². The third kappa shape index (κ3) is 4.03. The van der Waals surface area contributed by atoms with Gasteiger partial charge in [0.05, 0.1) is 0 Å². The second kappa shape index (κ2) is 6.89. The summed E-state index contributed by atoms with van der Waals surface area (Å²) in [5.74, 6) is 1.49. The van der Waals surface area contributed by atoms with E-state index in [0.717, 1.165) is 38.8 Å². The molecular formula is C17H30N4O2. The second-order valence-electron chi connectivity index (χ2n) is 7.54. The molecule has 6 nitrogen and oxygen atoms in total. The Hall–Kier alpha value is -1.59. The van der Waals surface area contributed by atoms with Gasteiger partial charge in [0.15, 0.2) is 5.96 Å². The maximum Gasteiger partial charge on any atom is 0.257 e. The highest BCUT2D eigenvalue weighted by Gasteiger charge is 2.44. The first-order chi connectivity index (χ1) is 10.7. The molecule has 2 aliphatic heterocycles. The molecule has 23 heavy (non-hydrogen) atoms. The summed E-state index contributed by atoms with van der Waals surface area (Å²) in [7, 11) is 0. The minimum absolute atomic E-state index is 0.0323. The van der Waals surface area contributed by atoms with Gasteiger partial charge in [-0.15, -0.1) is 0 Å². The van der Waals surface area contributed by atoms with E-state index in [2.05, 4.69) is 18.8 Å². The van der Waals surface area contributed by atoms with Crippen molar-refractivity contribution in [3.63, 3.8) is 0 Å². The first kappa shape index (κ1) is 17.8. The van der Waals surface area contributed by atoms with Crippen LogP contribution >= 0.6 is 0 Å². The fourth-order valence-corrected chi connectivity index (χ4v) is 3.75. The van der Waals surface area contributed by atoms with Gasteiger partial charge in [0.1, 0.15) is 5.54 Å². The molecule has 1 atom stereocenters. The first-order valence-electron chi connectivity index (χ1n) is 8.65. The highest BCUT2D eigenvalue weighted by Crippen LogP contribution is 2.29. The Balaban J connectivity index is 1.86. The summed E-state index contributed by atoms with van der Waals surface area (Å²) < 4.78 is 0. The van der Waals surface area contributed by atoms with Gasteiger partial charge in [-0.25, -0.2) is 4.99 Å². The zero-order chi connectivity index (χ0) is 17.2. The minimum Gasteiger partial charge on any atom is -0.369 e. The van der Waals surface area contributed by atoms with Crippen molar-refractivity contribution in [2.45, 2.75) is 58.9 Å². The predicted octanol–water partition coefficient (Wildman–Crippen LogP) is 1.60. The Bertz CT molecular complexity index is 495. The van der Waals surface area contributed by atoms with E-state index >= 15 is 0 Å². The smallest absolute Gasteiger partial charge is 0.257 e. The average Bonchev–Trinajstić information content (AvgIpc) is 2.66. The van der Waals surface area contributed by atoms with E-state index in [-0.39, 0.29) is 11.8 Å². The molecule has 6 heteroatoms. The molecule has 0 aromatic rings. The monoisotopic (exact) mass is 322 g/mol. The normalized spacial score (nSPS) is 26.1. The summed E-state index contributed by atoms with van der Waals surface area (Å²) in [6.07, 6.45) is 3.65. The number of rotatable bonds is 5. The maximum absolute atomic E-state index is 12.7. The summed E-state index contributed by atoms with van der Waals surface area (Å²) in [6, 6.07) is 0. The predicted molar refractivity (Wildman–Crippen MR) is 90.8 cm³/mol. The van der Waals surface area contributed by atoms with Crippen LogP contribution in [0.3, 0.4) is 0 Å². The van der Waals surface area contributed by atoms with Crippen molar-refractivity contribution in [2.24, 2.45) is 22.6 Å². The number of aliphatic imine (C=N–C) groups is 1. The van der Waals surface area contributed by atoms with E-state index in [1.165, 1.54) is 0 Å². The summed E-state index contributed by atoms with van der Waals surface area (Å²) in [4.78, 5) is 32.0. The SMILES string of the molecule is CC(=O)N1CCC(CCN2C(=O)C(C)(CC(C)C)N=C2N)CC1. The quantitative estimate of drug-likeness (QED) is 0.835. The van der Waals surface area contributed by atoms with Crippen molar-refractivity contribution in [2.75, 3.05) is 19.6 Å². The third-order valence-electron chi connectivity index (χ3n) is 4.97. The van der Waals surface area contributed by atoms with Crippen LogP contribution in [0, 0.1) is 11.8 Å². The largest absolute Gasteiger partial charge is 0.369 e. The summed E-state index contributed by atoms with van der Waals surface area (Å²) in [6.45, 7) is 9.96. The van der Waals surface area contributed by atoms with Crippen LogP contribution in [0.25, 0.3) is 0 Å². The zero-order valence-corrected chi connectivity index (χ0v) is 14.8. The van der Waals surface area contributed by atoms with Gasteiger partial charge in [0.2, 0.25) is 5.91 Å². The number of carbonyl (C=O) groups excluding carboxylic acids is 2. The molecule has 2 N–H and O–H groups in total. The van der Waals surface area contributed by atoms with Crippen molar-refractivity contribution in [3.05, 3.63) is 0 Å². The number of amides is 2. The van der Waals surface area contributed by atoms with Crippen LogP contribution in [-0.4, -0.2) is 52.7 Å². The van der Waals surface area contributed by atoms with E-state index in [4.69, 9.17) is 5.73 Å². The molecular weight excluding hydrogens is 292 g/mol. The van der Waals surface area contributed by atoms with Crippen LogP contribution in [0.15, 0.2) is 4.99 Å². The fraction of sp³-hybridized carbons (Fsp3) is 0.824. The van der Waals surface area contributed by atoms with E-state index in [0.29, 0.717) is 24.3 Å². The Morgan fingerprint density at radius 1 is 1.39 bits per heavy atom. The molecule has 0 aliphatic carbocycles. The number of hydrogen-bond acceptors (Lipinski definition) is 4. The summed E-state index contributed by atoms with van der Waals surface area (Å²) in [5, 5.41) is 0. The van der Waals surface area contributed by atoms with Gasteiger partial charge >= 0.3 is 0 Å². The first-order valence-corrected chi connectivity index (χ1v) is 8.65. The van der Waals surface area contributed by atoms with Crippen LogP contribution in [-0.2, 0) is 9.59 Å². The molecule has 0 aromatic carbocycles. The van der Waals surface area contributed by atoms with Crippen LogP contribution in [0.5, 0.6) is 0 Å². The van der Waals surface area contributed by atoms with Gasteiger partial charge in [0, 0.05) is 26.6 Å². The number of nitrogens with zero attached hydrogens (tertiary/aromatic N) is 3. The molecule has 1 saturated heterocycles. The van der Waals surface area contributed by atoms with Crippen LogP contribution in [0.1, 0.15) is 53.4 Å². The lowest BCUT2D eigenvalue weighted by atomic mass is 9.90. The summed E-state index contributed by atoms with van der Waals surface area (Å²) in [5.41, 5.74) is 5.30. The van der Waals surface area contributed by atoms with Gasteiger partial charge in [0.25, 0.3) is 5.91 Å². The number of hydrogen-bond donors (Lipinski definition) is 1. The van der Waals surface area contributed by atoms with Gasteiger partial charge < -0.3 is 10.6 Å². The van der Waals surface area contributed by atoms with E-state index in [1.807, 2.05) is 11.8 Å². The van der Waals surface area contributed by atoms with Gasteiger partial charge in [-0.3, -0.25) is 14.5 Å². The van der Waals surface area contributed by atoms with Crippen molar-refractivity contribution in [3.8, 4) is 0 Å². The lowest BCUT2D eigenvalue weighted by Crippen LogP contribution is -2.45. The molecule has 2 aliphatic rings. The zero-order valence-electron chi connectivity index (χ0n) is 14.8. The molecule has 1 unspecified atom stereocenters. The number of piperidine rings is 1. The molecule has 0 radical (unpaired) electrons. The number of guanidine groups is 1. The second-order valence-corrected chi connectivity index (χ2v) is 7.54. The van der Waals surface area contributed by atoms with Crippen molar-refractivity contribution in [1.29, 1.82) is 0 Å². The molecule has 0 aromatic heterocycles. The number of carbonyl (C=O) groups is 2. The average molecular weight is 322 g/mol.